The van der Waals surface area contributed by atoms with E-state index in [2.05, 4.69) is 248 Å². The van der Waals surface area contributed by atoms with Gasteiger partial charge >= 0.3 is 0 Å². The molecule has 294 valence electrons. The van der Waals surface area contributed by atoms with Crippen molar-refractivity contribution < 1.29 is 0 Å². The quantitative estimate of drug-likeness (QED) is 0.155. The van der Waals surface area contributed by atoms with Gasteiger partial charge in [0.25, 0.3) is 0 Å². The maximum absolute atomic E-state index is 2.67. The van der Waals surface area contributed by atoms with Gasteiger partial charge in [-0.15, -0.1) is 0 Å². The van der Waals surface area contributed by atoms with Crippen molar-refractivity contribution in [2.45, 2.75) is 17.9 Å². The highest BCUT2D eigenvalue weighted by molar-refractivity contribution is 5.93. The van der Waals surface area contributed by atoms with E-state index in [4.69, 9.17) is 0 Å². The monoisotopic (exact) mass is 791 g/mol. The average Bonchev–Trinajstić information content (AvgIpc) is 3.82. The Morgan fingerprint density at radius 1 is 0.435 bits per heavy atom. The zero-order valence-corrected chi connectivity index (χ0v) is 34.5. The van der Waals surface area contributed by atoms with E-state index >= 15 is 0 Å². The lowest BCUT2D eigenvalue weighted by Crippen LogP contribution is -2.39. The molecular formula is C61H45N. The molecular weight excluding hydrogens is 747 g/mol. The minimum absolute atomic E-state index is 0.00818. The minimum atomic E-state index is -0.234. The fourth-order valence-electron chi connectivity index (χ4n) is 11.3. The first-order chi connectivity index (χ1) is 30.8. The number of hydrogen-bond acceptors (Lipinski definition) is 1. The van der Waals surface area contributed by atoms with Crippen molar-refractivity contribution in [2.24, 2.45) is 11.8 Å². The molecule has 0 amide bonds. The number of benzene rings is 7. The summed E-state index contributed by atoms with van der Waals surface area (Å²) in [7, 11) is 0. The summed E-state index contributed by atoms with van der Waals surface area (Å²) in [6.45, 7) is 0. The van der Waals surface area contributed by atoms with Gasteiger partial charge in [0.2, 0.25) is 0 Å². The maximum atomic E-state index is 2.67. The number of nitrogens with zero attached hydrogens (tertiary/aromatic N) is 1. The van der Waals surface area contributed by atoms with Crippen molar-refractivity contribution in [3.05, 3.63) is 282 Å². The average molecular weight is 792 g/mol. The highest BCUT2D eigenvalue weighted by atomic mass is 15.2. The van der Waals surface area contributed by atoms with Crippen LogP contribution >= 0.6 is 0 Å². The van der Waals surface area contributed by atoms with Crippen molar-refractivity contribution in [3.63, 3.8) is 0 Å². The number of fused-ring (bicyclic) bond motifs is 9. The molecule has 1 spiro atoms. The van der Waals surface area contributed by atoms with E-state index in [0.717, 1.165) is 6.42 Å². The lowest BCUT2D eigenvalue weighted by atomic mass is 9.62. The van der Waals surface area contributed by atoms with Gasteiger partial charge in [-0.2, -0.15) is 0 Å². The fourth-order valence-corrected chi connectivity index (χ4v) is 11.3. The van der Waals surface area contributed by atoms with Gasteiger partial charge in [-0.25, -0.2) is 0 Å². The van der Waals surface area contributed by atoms with Crippen LogP contribution in [0.2, 0.25) is 0 Å². The van der Waals surface area contributed by atoms with Crippen LogP contribution in [0.4, 0.5) is 5.69 Å². The van der Waals surface area contributed by atoms with Crippen molar-refractivity contribution in [1.29, 1.82) is 0 Å². The second-order valence-electron chi connectivity index (χ2n) is 17.1. The molecule has 0 aliphatic heterocycles. The lowest BCUT2D eigenvalue weighted by molar-refractivity contribution is 0.404. The van der Waals surface area contributed by atoms with E-state index in [9.17, 15) is 0 Å². The highest BCUT2D eigenvalue weighted by Gasteiger charge is 2.58. The summed E-state index contributed by atoms with van der Waals surface area (Å²) < 4.78 is 0. The first-order valence-corrected chi connectivity index (χ1v) is 22.0. The molecule has 5 aliphatic carbocycles. The molecule has 7 aromatic rings. The molecule has 62 heavy (non-hydrogen) atoms. The SMILES string of the molecule is C1=CC2=C3C=C(N(c4ccc(-c5ccccc5)cc4-c4ccccc4)C4CC=C(c5ccccc5)C=C4c4ccccc4)C=CC3C3(c4ccccc4-c4ccccc43)C2C=C1. The van der Waals surface area contributed by atoms with E-state index in [1.54, 1.807) is 0 Å². The smallest absolute Gasteiger partial charge is 0.0632 e. The van der Waals surface area contributed by atoms with Crippen LogP contribution in [0.5, 0.6) is 0 Å². The van der Waals surface area contributed by atoms with Gasteiger partial charge in [0.15, 0.2) is 0 Å². The summed E-state index contributed by atoms with van der Waals surface area (Å²) in [5.74, 6) is 0.376. The van der Waals surface area contributed by atoms with Crippen LogP contribution in [0, 0.1) is 11.8 Å². The summed E-state index contributed by atoms with van der Waals surface area (Å²) in [6, 6.07) is 69.2. The molecule has 0 fully saturated rings. The van der Waals surface area contributed by atoms with Gasteiger partial charge in [-0.1, -0.05) is 212 Å². The van der Waals surface area contributed by atoms with Crippen LogP contribution in [0.25, 0.3) is 44.5 Å². The molecule has 5 aliphatic rings. The Balaban J connectivity index is 1.09. The van der Waals surface area contributed by atoms with Crippen LogP contribution in [0.15, 0.2) is 260 Å². The zero-order chi connectivity index (χ0) is 41.0. The van der Waals surface area contributed by atoms with E-state index in [1.807, 2.05) is 0 Å². The fraction of sp³-hybridized carbons (Fsp3) is 0.0820. The predicted octanol–water partition coefficient (Wildman–Crippen LogP) is 14.9. The van der Waals surface area contributed by atoms with Gasteiger partial charge in [0, 0.05) is 34.2 Å². The van der Waals surface area contributed by atoms with Crippen molar-refractivity contribution in [3.8, 4) is 33.4 Å². The second-order valence-corrected chi connectivity index (χ2v) is 17.1. The molecule has 0 radical (unpaired) electrons. The molecule has 0 heterocycles. The number of rotatable bonds is 7. The van der Waals surface area contributed by atoms with Gasteiger partial charge in [0.05, 0.1) is 6.04 Å². The van der Waals surface area contributed by atoms with E-state index < -0.39 is 0 Å². The van der Waals surface area contributed by atoms with Crippen molar-refractivity contribution in [1.82, 2.24) is 0 Å². The van der Waals surface area contributed by atoms with E-state index in [0.29, 0.717) is 0 Å². The number of anilines is 1. The summed E-state index contributed by atoms with van der Waals surface area (Å²) in [6.07, 6.45) is 22.7. The Hall–Kier alpha value is -7.48. The third-order valence-corrected chi connectivity index (χ3v) is 14.0. The summed E-state index contributed by atoms with van der Waals surface area (Å²) in [5.41, 5.74) is 20.5. The molecule has 3 unspecified atom stereocenters. The van der Waals surface area contributed by atoms with Crippen LogP contribution in [0.1, 0.15) is 28.7 Å². The van der Waals surface area contributed by atoms with Gasteiger partial charge < -0.3 is 4.90 Å². The molecule has 3 atom stereocenters. The normalized spacial score (nSPS) is 19.9. The van der Waals surface area contributed by atoms with Gasteiger partial charge in [-0.05, 0) is 109 Å². The predicted molar refractivity (Wildman–Crippen MR) is 259 cm³/mol. The Labute approximate surface area is 365 Å². The third kappa shape index (κ3) is 5.69. The van der Waals surface area contributed by atoms with Gasteiger partial charge in [-0.3, -0.25) is 0 Å². The maximum Gasteiger partial charge on any atom is 0.0632 e. The minimum Gasteiger partial charge on any atom is -0.333 e. The molecule has 0 N–H and O–H groups in total. The third-order valence-electron chi connectivity index (χ3n) is 14.0. The van der Waals surface area contributed by atoms with Crippen LogP contribution in [-0.2, 0) is 5.41 Å². The molecule has 0 saturated heterocycles. The molecule has 0 aromatic heterocycles. The van der Waals surface area contributed by atoms with Crippen LogP contribution < -0.4 is 4.90 Å². The Morgan fingerprint density at radius 3 is 1.69 bits per heavy atom. The van der Waals surface area contributed by atoms with Crippen molar-refractivity contribution >= 4 is 16.8 Å². The molecule has 1 nitrogen and oxygen atoms in total. The first-order valence-electron chi connectivity index (χ1n) is 22.0. The molecule has 1 heteroatoms. The first kappa shape index (κ1) is 36.4. The lowest BCUT2D eigenvalue weighted by Gasteiger charge is -2.42. The largest absolute Gasteiger partial charge is 0.333 e. The van der Waals surface area contributed by atoms with E-state index in [-0.39, 0.29) is 23.3 Å². The standard InChI is InChI=1S/C61H45N/c1-5-19-42(20-6-1)46-33-37-59(52(39-46)44-23-9-3-10-24-44)62(60-38-34-47(43-21-7-2-8-22-43)40-53(60)45-25-11-4-12-26-45)48-35-36-58-54(41-48)51-29-15-18-32-57(51)61(58)55-30-16-13-27-49(55)50-28-14-17-31-56(50)61/h1-37,39-41,57-58,60H,38H2. The van der Waals surface area contributed by atoms with Crippen LogP contribution in [0.3, 0.4) is 0 Å². The number of allylic oxidation sites excluding steroid dienone is 11. The number of hydrogen-bond donors (Lipinski definition) is 0. The highest BCUT2D eigenvalue weighted by Crippen LogP contribution is 2.66. The van der Waals surface area contributed by atoms with Gasteiger partial charge in [0.1, 0.15) is 0 Å². The summed E-state index contributed by atoms with van der Waals surface area (Å²) >= 11 is 0. The molecule has 7 aromatic carbocycles. The zero-order valence-electron chi connectivity index (χ0n) is 34.5. The Morgan fingerprint density at radius 2 is 1.02 bits per heavy atom. The summed E-state index contributed by atoms with van der Waals surface area (Å²) in [4.78, 5) is 2.67. The molecule has 0 bridgehead atoms. The second kappa shape index (κ2) is 14.9. The molecule has 0 saturated carbocycles. The summed E-state index contributed by atoms with van der Waals surface area (Å²) in [5, 5.41) is 0. The Bertz CT molecular complexity index is 3040. The van der Waals surface area contributed by atoms with E-state index in [1.165, 1.54) is 89.3 Å². The Kier molecular flexibility index (Phi) is 8.75. The molecule has 12 rings (SSSR count). The van der Waals surface area contributed by atoms with Crippen molar-refractivity contribution in [2.75, 3.05) is 4.90 Å². The van der Waals surface area contributed by atoms with Crippen LogP contribution in [-0.4, -0.2) is 6.04 Å². The topological polar surface area (TPSA) is 3.24 Å².